The van der Waals surface area contributed by atoms with Crippen LogP contribution in [-0.2, 0) is 10.0 Å². The molecule has 112 valence electrons. The molecule has 1 fully saturated rings. The van der Waals surface area contributed by atoms with Gasteiger partial charge in [0.1, 0.15) is 4.90 Å². The number of sulfonamides is 1. The quantitative estimate of drug-likeness (QED) is 0.771. The summed E-state index contributed by atoms with van der Waals surface area (Å²) in [7, 11) is -3.49. The Bertz CT molecular complexity index is 528. The first-order valence-electron chi connectivity index (χ1n) is 7.17. The summed E-state index contributed by atoms with van der Waals surface area (Å²) >= 11 is 5.92. The van der Waals surface area contributed by atoms with Crippen molar-refractivity contribution in [3.8, 4) is 0 Å². The fourth-order valence-corrected chi connectivity index (χ4v) is 4.18. The number of piperidine rings is 1. The van der Waals surface area contributed by atoms with E-state index in [-0.39, 0.29) is 9.92 Å². The maximum absolute atomic E-state index is 12.1. The van der Waals surface area contributed by atoms with E-state index in [2.05, 4.69) is 4.72 Å². The van der Waals surface area contributed by atoms with E-state index in [0.29, 0.717) is 6.54 Å². The molecule has 20 heavy (non-hydrogen) atoms. The molecule has 1 saturated heterocycles. The molecule has 6 heteroatoms. The Kier molecular flexibility index (Phi) is 5.84. The third-order valence-corrected chi connectivity index (χ3v) is 5.65. The summed E-state index contributed by atoms with van der Waals surface area (Å²) < 4.78 is 26.8. The molecule has 1 aliphatic heterocycles. The first-order chi connectivity index (χ1) is 9.59. The van der Waals surface area contributed by atoms with Crippen LogP contribution in [0, 0.1) is 0 Å². The van der Waals surface area contributed by atoms with Gasteiger partial charge in [-0.3, -0.25) is 0 Å². The van der Waals surface area contributed by atoms with Crippen molar-refractivity contribution in [2.24, 2.45) is 0 Å². The lowest BCUT2D eigenvalue weighted by atomic mass is 10.1. The summed E-state index contributed by atoms with van der Waals surface area (Å²) in [4.78, 5) is 1.75. The number of hydrogen-bond acceptors (Lipinski definition) is 2. The minimum Gasteiger partial charge on any atom is -0.335 e. The number of rotatable bonds is 6. The van der Waals surface area contributed by atoms with Crippen LogP contribution in [0.4, 0.5) is 0 Å². The van der Waals surface area contributed by atoms with E-state index in [1.54, 1.807) is 23.1 Å². The van der Waals surface area contributed by atoms with Gasteiger partial charge in [0.05, 0.1) is 24.7 Å². The summed E-state index contributed by atoms with van der Waals surface area (Å²) in [5.74, 6) is 0. The number of nitrogens with one attached hydrogen (secondary N) is 2. The highest BCUT2D eigenvalue weighted by molar-refractivity contribution is 7.89. The molecular weight excluding hydrogens is 296 g/mol. The Morgan fingerprint density at radius 3 is 2.55 bits per heavy atom. The van der Waals surface area contributed by atoms with E-state index >= 15 is 0 Å². The van der Waals surface area contributed by atoms with Crippen LogP contribution in [0.2, 0.25) is 5.02 Å². The summed E-state index contributed by atoms with van der Waals surface area (Å²) in [5.41, 5.74) is 0. The fraction of sp³-hybridized carbons (Fsp3) is 0.571. The second-order valence-electron chi connectivity index (χ2n) is 5.24. The van der Waals surface area contributed by atoms with Gasteiger partial charge < -0.3 is 4.90 Å². The standard InChI is InChI=1S/C14H21ClN2O2S/c15-13-7-2-3-8-14(13)20(18,19)16-9-6-12-17-10-4-1-5-11-17/h2-3,7-8,16H,1,4-6,9-12H2/p+1. The average molecular weight is 318 g/mol. The summed E-state index contributed by atoms with van der Waals surface area (Å²) in [6.07, 6.45) is 4.78. The molecule has 0 saturated carbocycles. The maximum atomic E-state index is 12.1. The molecule has 0 radical (unpaired) electrons. The first kappa shape index (κ1) is 15.8. The van der Waals surface area contributed by atoms with Gasteiger partial charge in [-0.2, -0.15) is 0 Å². The van der Waals surface area contributed by atoms with Crippen LogP contribution in [-0.4, -0.2) is 34.6 Å². The molecule has 2 N–H and O–H groups in total. The minimum atomic E-state index is -3.49. The van der Waals surface area contributed by atoms with Gasteiger partial charge in [0, 0.05) is 13.0 Å². The smallest absolute Gasteiger partial charge is 0.242 e. The molecule has 0 aliphatic carbocycles. The highest BCUT2D eigenvalue weighted by Crippen LogP contribution is 2.19. The minimum absolute atomic E-state index is 0.159. The van der Waals surface area contributed by atoms with Gasteiger partial charge in [-0.15, -0.1) is 0 Å². The highest BCUT2D eigenvalue weighted by Gasteiger charge is 2.17. The molecular formula is C14H22ClN2O2S+. The van der Waals surface area contributed by atoms with Crippen LogP contribution in [0.15, 0.2) is 29.2 Å². The lowest BCUT2D eigenvalue weighted by Gasteiger charge is -2.23. The number of halogens is 1. The van der Waals surface area contributed by atoms with E-state index in [4.69, 9.17) is 11.6 Å². The Labute approximate surface area is 126 Å². The molecule has 1 aromatic carbocycles. The lowest BCUT2D eigenvalue weighted by Crippen LogP contribution is -3.12. The van der Waals surface area contributed by atoms with Crippen molar-refractivity contribution in [1.29, 1.82) is 0 Å². The van der Waals surface area contributed by atoms with E-state index in [9.17, 15) is 8.42 Å². The van der Waals surface area contributed by atoms with E-state index in [1.165, 1.54) is 38.4 Å². The predicted octanol–water partition coefficient (Wildman–Crippen LogP) is 1.08. The van der Waals surface area contributed by atoms with Crippen LogP contribution < -0.4 is 9.62 Å². The number of hydrogen-bond donors (Lipinski definition) is 2. The lowest BCUT2D eigenvalue weighted by molar-refractivity contribution is -0.904. The summed E-state index contributed by atoms with van der Waals surface area (Å²) in [5, 5.41) is 0.265. The summed E-state index contributed by atoms with van der Waals surface area (Å²) in [6, 6.07) is 6.52. The largest absolute Gasteiger partial charge is 0.335 e. The van der Waals surface area contributed by atoms with Crippen molar-refractivity contribution >= 4 is 21.6 Å². The Morgan fingerprint density at radius 1 is 1.15 bits per heavy atom. The number of benzene rings is 1. The van der Waals surface area contributed by atoms with Crippen molar-refractivity contribution in [3.63, 3.8) is 0 Å². The number of quaternary nitrogens is 1. The van der Waals surface area contributed by atoms with Crippen molar-refractivity contribution < 1.29 is 13.3 Å². The zero-order valence-corrected chi connectivity index (χ0v) is 13.1. The van der Waals surface area contributed by atoms with E-state index in [1.807, 2.05) is 0 Å². The average Bonchev–Trinajstić information content (AvgIpc) is 2.45. The second-order valence-corrected chi connectivity index (χ2v) is 7.38. The third kappa shape index (κ3) is 4.45. The van der Waals surface area contributed by atoms with Gasteiger partial charge in [-0.25, -0.2) is 13.1 Å². The molecule has 0 spiro atoms. The normalized spacial score (nSPS) is 17.2. The van der Waals surface area contributed by atoms with Crippen LogP contribution in [0.5, 0.6) is 0 Å². The van der Waals surface area contributed by atoms with Gasteiger partial charge in [0.25, 0.3) is 0 Å². The van der Waals surface area contributed by atoms with Gasteiger partial charge in [0.2, 0.25) is 10.0 Å². The van der Waals surface area contributed by atoms with Crippen molar-refractivity contribution in [3.05, 3.63) is 29.3 Å². The van der Waals surface area contributed by atoms with E-state index < -0.39 is 10.0 Å². The van der Waals surface area contributed by atoms with Crippen LogP contribution in [0.3, 0.4) is 0 Å². The molecule has 0 atom stereocenters. The Hall–Kier alpha value is -0.620. The van der Waals surface area contributed by atoms with Gasteiger partial charge in [-0.05, 0) is 31.4 Å². The predicted molar refractivity (Wildman–Crippen MR) is 80.7 cm³/mol. The van der Waals surface area contributed by atoms with Gasteiger partial charge >= 0.3 is 0 Å². The molecule has 1 heterocycles. The number of likely N-dealkylation sites (tertiary alicyclic amines) is 1. The van der Waals surface area contributed by atoms with Crippen molar-refractivity contribution in [2.45, 2.75) is 30.6 Å². The Morgan fingerprint density at radius 2 is 1.85 bits per heavy atom. The van der Waals surface area contributed by atoms with Crippen molar-refractivity contribution in [1.82, 2.24) is 4.72 Å². The van der Waals surface area contributed by atoms with Crippen LogP contribution >= 0.6 is 11.6 Å². The molecule has 2 rings (SSSR count). The van der Waals surface area contributed by atoms with Crippen LogP contribution in [0.25, 0.3) is 0 Å². The zero-order chi connectivity index (χ0) is 14.4. The fourth-order valence-electron chi connectivity index (χ4n) is 2.59. The molecule has 0 amide bonds. The molecule has 0 bridgehead atoms. The van der Waals surface area contributed by atoms with Crippen molar-refractivity contribution in [2.75, 3.05) is 26.2 Å². The zero-order valence-electron chi connectivity index (χ0n) is 11.6. The third-order valence-electron chi connectivity index (χ3n) is 3.69. The molecule has 0 unspecified atom stereocenters. The van der Waals surface area contributed by atoms with Gasteiger partial charge in [-0.1, -0.05) is 23.7 Å². The topological polar surface area (TPSA) is 50.6 Å². The molecule has 0 aromatic heterocycles. The molecule has 4 nitrogen and oxygen atoms in total. The van der Waals surface area contributed by atoms with Crippen LogP contribution in [0.1, 0.15) is 25.7 Å². The monoisotopic (exact) mass is 317 g/mol. The SMILES string of the molecule is O=S(=O)(NCCC[NH+]1CCCCC1)c1ccccc1Cl. The van der Waals surface area contributed by atoms with E-state index in [0.717, 1.165) is 13.0 Å². The first-order valence-corrected chi connectivity index (χ1v) is 9.03. The molecule has 1 aliphatic rings. The highest BCUT2D eigenvalue weighted by atomic mass is 35.5. The molecule has 1 aromatic rings. The summed E-state index contributed by atoms with van der Waals surface area (Å²) in [6.45, 7) is 3.94. The Balaban J connectivity index is 1.79. The maximum Gasteiger partial charge on any atom is 0.242 e. The van der Waals surface area contributed by atoms with Gasteiger partial charge in [0.15, 0.2) is 0 Å². The second kappa shape index (κ2) is 7.41.